The average Bonchev–Trinajstić information content (AvgIpc) is 2.92. The van der Waals surface area contributed by atoms with Crippen LogP contribution in [0.4, 0.5) is 0 Å². The number of piperidine rings is 1. The zero-order valence-corrected chi connectivity index (χ0v) is 16.2. The summed E-state index contributed by atoms with van der Waals surface area (Å²) in [6, 6.07) is 5.72. The van der Waals surface area contributed by atoms with Crippen LogP contribution in [0.2, 0.25) is 0 Å². The molecule has 0 bridgehead atoms. The maximum absolute atomic E-state index is 13.1. The molecule has 0 amide bonds. The summed E-state index contributed by atoms with van der Waals surface area (Å²) in [7, 11) is -5.57. The van der Waals surface area contributed by atoms with Crippen LogP contribution in [0.3, 0.4) is 0 Å². The van der Waals surface area contributed by atoms with Crippen molar-refractivity contribution in [3.05, 3.63) is 24.3 Å². The summed E-state index contributed by atoms with van der Waals surface area (Å²) in [4.78, 5) is 2.22. The van der Waals surface area contributed by atoms with Gasteiger partial charge in [-0.1, -0.05) is 6.92 Å². The van der Waals surface area contributed by atoms with Gasteiger partial charge in [0.25, 0.3) is 0 Å². The van der Waals surface area contributed by atoms with Gasteiger partial charge in [0, 0.05) is 6.04 Å². The second kappa shape index (κ2) is 6.89. The summed E-state index contributed by atoms with van der Waals surface area (Å²) in [6.07, 6.45) is 1.96. The lowest BCUT2D eigenvalue weighted by Gasteiger charge is -2.36. The van der Waals surface area contributed by atoms with E-state index >= 15 is 0 Å². The van der Waals surface area contributed by atoms with Crippen molar-refractivity contribution in [1.82, 2.24) is 4.90 Å². The first-order valence-corrected chi connectivity index (χ1v) is 11.9. The Balaban J connectivity index is 1.91. The van der Waals surface area contributed by atoms with Crippen LogP contribution in [0, 0.1) is 5.92 Å². The lowest BCUT2D eigenvalue weighted by molar-refractivity contribution is 0.151. The third-order valence-electron chi connectivity index (χ3n) is 5.35. The molecule has 2 saturated heterocycles. The largest absolute Gasteiger partial charge is 0.497 e. The predicted molar refractivity (Wildman–Crippen MR) is 96.4 cm³/mol. The highest BCUT2D eigenvalue weighted by atomic mass is 32.2. The Bertz CT molecular complexity index is 809. The third kappa shape index (κ3) is 3.85. The molecule has 0 N–H and O–H groups in total. The molecule has 2 heterocycles. The maximum atomic E-state index is 13.1. The fourth-order valence-corrected chi connectivity index (χ4v) is 8.56. The SMILES string of the molecule is COc1ccc(S(=O)(=O)C2CS(=O)(=O)CC2N2CCC(C)CC2)cc1. The second-order valence-corrected chi connectivity index (χ2v) is 11.4. The van der Waals surface area contributed by atoms with Gasteiger partial charge in [-0.25, -0.2) is 16.8 Å². The van der Waals surface area contributed by atoms with Crippen molar-refractivity contribution < 1.29 is 21.6 Å². The zero-order valence-electron chi connectivity index (χ0n) is 14.6. The van der Waals surface area contributed by atoms with Crippen LogP contribution in [-0.2, 0) is 19.7 Å². The first-order valence-electron chi connectivity index (χ1n) is 8.55. The van der Waals surface area contributed by atoms with Gasteiger partial charge in [-0.15, -0.1) is 0 Å². The van der Waals surface area contributed by atoms with E-state index in [-0.39, 0.29) is 16.4 Å². The number of hydrogen-bond donors (Lipinski definition) is 0. The van der Waals surface area contributed by atoms with Gasteiger partial charge >= 0.3 is 0 Å². The van der Waals surface area contributed by atoms with E-state index in [0.717, 1.165) is 25.9 Å². The van der Waals surface area contributed by atoms with Gasteiger partial charge in [0.1, 0.15) is 5.75 Å². The first-order chi connectivity index (χ1) is 11.7. The molecule has 0 aromatic heterocycles. The third-order valence-corrected chi connectivity index (χ3v) is 9.48. The average molecular weight is 388 g/mol. The van der Waals surface area contributed by atoms with E-state index in [4.69, 9.17) is 4.74 Å². The molecule has 8 heteroatoms. The van der Waals surface area contributed by atoms with Gasteiger partial charge in [0.2, 0.25) is 0 Å². The number of hydrogen-bond acceptors (Lipinski definition) is 6. The Labute approximate surface area is 150 Å². The minimum Gasteiger partial charge on any atom is -0.497 e. The van der Waals surface area contributed by atoms with E-state index < -0.39 is 31.0 Å². The zero-order chi connectivity index (χ0) is 18.2. The molecule has 0 aliphatic carbocycles. The molecular weight excluding hydrogens is 362 g/mol. The Kier molecular flexibility index (Phi) is 5.14. The Hall–Kier alpha value is -1.12. The maximum Gasteiger partial charge on any atom is 0.183 e. The van der Waals surface area contributed by atoms with Gasteiger partial charge in [-0.3, -0.25) is 4.90 Å². The monoisotopic (exact) mass is 387 g/mol. The van der Waals surface area contributed by atoms with Crippen molar-refractivity contribution in [2.75, 3.05) is 31.7 Å². The second-order valence-electron chi connectivity index (χ2n) is 7.12. The standard InChI is InChI=1S/C17H25NO5S2/c1-13-7-9-18(10-8-13)16-11-24(19,20)12-17(16)25(21,22)15-5-3-14(23-2)4-6-15/h3-6,13,16-17H,7-12H2,1-2H3. The molecule has 25 heavy (non-hydrogen) atoms. The fourth-order valence-electron chi connectivity index (χ4n) is 3.73. The molecular formula is C17H25NO5S2. The summed E-state index contributed by atoms with van der Waals surface area (Å²) < 4.78 is 55.7. The highest BCUT2D eigenvalue weighted by Crippen LogP contribution is 2.32. The number of rotatable bonds is 4. The summed E-state index contributed by atoms with van der Waals surface area (Å²) in [5.41, 5.74) is 0. The molecule has 0 spiro atoms. The van der Waals surface area contributed by atoms with E-state index in [1.54, 1.807) is 12.1 Å². The van der Waals surface area contributed by atoms with Crippen LogP contribution < -0.4 is 4.74 Å². The quantitative estimate of drug-likeness (QED) is 0.776. The molecule has 1 aromatic rings. The predicted octanol–water partition coefficient (Wildman–Crippen LogP) is 1.37. The molecule has 2 aliphatic rings. The van der Waals surface area contributed by atoms with E-state index in [1.807, 2.05) is 0 Å². The van der Waals surface area contributed by atoms with Crippen LogP contribution >= 0.6 is 0 Å². The van der Waals surface area contributed by atoms with Gasteiger partial charge in [-0.2, -0.15) is 0 Å². The molecule has 6 nitrogen and oxygen atoms in total. The molecule has 140 valence electrons. The number of sulfone groups is 2. The Morgan fingerprint density at radius 1 is 1.08 bits per heavy atom. The van der Waals surface area contributed by atoms with Crippen molar-refractivity contribution in [1.29, 1.82) is 0 Å². The van der Waals surface area contributed by atoms with Crippen LogP contribution in [-0.4, -0.2) is 64.7 Å². The van der Waals surface area contributed by atoms with Gasteiger partial charge in [0.15, 0.2) is 19.7 Å². The van der Waals surface area contributed by atoms with E-state index in [0.29, 0.717) is 11.7 Å². The number of likely N-dealkylation sites (tertiary alicyclic amines) is 1. The minimum atomic E-state index is -3.72. The van der Waals surface area contributed by atoms with Crippen molar-refractivity contribution in [3.63, 3.8) is 0 Å². The summed E-state index contributed by atoms with van der Waals surface area (Å²) in [5, 5.41) is -0.903. The number of ether oxygens (including phenoxy) is 1. The lowest BCUT2D eigenvalue weighted by atomic mass is 9.98. The number of nitrogens with zero attached hydrogens (tertiary/aromatic N) is 1. The minimum absolute atomic E-state index is 0.0680. The molecule has 3 rings (SSSR count). The van der Waals surface area contributed by atoms with Crippen molar-refractivity contribution in [2.45, 2.75) is 36.0 Å². The van der Waals surface area contributed by atoms with E-state index in [1.165, 1.54) is 19.2 Å². The summed E-state index contributed by atoms with van der Waals surface area (Å²) in [5.74, 6) is 0.810. The molecule has 1 aromatic carbocycles. The van der Waals surface area contributed by atoms with Gasteiger partial charge < -0.3 is 4.74 Å². The van der Waals surface area contributed by atoms with Gasteiger partial charge in [-0.05, 0) is 56.1 Å². The Morgan fingerprint density at radius 3 is 2.24 bits per heavy atom. The number of benzene rings is 1. The fraction of sp³-hybridized carbons (Fsp3) is 0.647. The Morgan fingerprint density at radius 2 is 1.68 bits per heavy atom. The lowest BCUT2D eigenvalue weighted by Crippen LogP contribution is -2.49. The van der Waals surface area contributed by atoms with Crippen molar-refractivity contribution >= 4 is 19.7 Å². The highest BCUT2D eigenvalue weighted by Gasteiger charge is 2.48. The first kappa shape index (κ1) is 18.7. The van der Waals surface area contributed by atoms with Crippen LogP contribution in [0.25, 0.3) is 0 Å². The van der Waals surface area contributed by atoms with Crippen LogP contribution in [0.1, 0.15) is 19.8 Å². The molecule has 2 unspecified atom stereocenters. The van der Waals surface area contributed by atoms with Crippen LogP contribution in [0.15, 0.2) is 29.2 Å². The summed E-state index contributed by atoms with van der Waals surface area (Å²) >= 11 is 0. The van der Waals surface area contributed by atoms with Gasteiger partial charge in [0.05, 0.1) is 28.8 Å². The topological polar surface area (TPSA) is 80.8 Å². The molecule has 2 fully saturated rings. The van der Waals surface area contributed by atoms with E-state index in [9.17, 15) is 16.8 Å². The normalized spacial score (nSPS) is 28.1. The van der Waals surface area contributed by atoms with Crippen molar-refractivity contribution in [3.8, 4) is 5.75 Å². The molecule has 2 atom stereocenters. The molecule has 0 saturated carbocycles. The van der Waals surface area contributed by atoms with Crippen LogP contribution in [0.5, 0.6) is 5.75 Å². The molecule has 2 aliphatic heterocycles. The van der Waals surface area contributed by atoms with Crippen molar-refractivity contribution in [2.24, 2.45) is 5.92 Å². The summed E-state index contributed by atoms with van der Waals surface area (Å²) in [6.45, 7) is 3.69. The van der Waals surface area contributed by atoms with E-state index in [2.05, 4.69) is 11.8 Å². The number of methoxy groups -OCH3 is 1. The highest BCUT2D eigenvalue weighted by molar-refractivity contribution is 7.96. The molecule has 0 radical (unpaired) electrons. The smallest absolute Gasteiger partial charge is 0.183 e.